The first-order valence-corrected chi connectivity index (χ1v) is 8.25. The molecule has 8 nitrogen and oxygen atoms in total. The molecule has 0 aliphatic heterocycles. The van der Waals surface area contributed by atoms with Crippen LogP contribution < -0.4 is 0 Å². The number of hydrogen-bond acceptors (Lipinski definition) is 5. The Morgan fingerprint density at radius 3 is 2.44 bits per heavy atom. The Morgan fingerprint density at radius 2 is 1.81 bits per heavy atom. The van der Waals surface area contributed by atoms with Crippen molar-refractivity contribution in [1.82, 2.24) is 14.1 Å². The lowest BCUT2D eigenvalue weighted by Crippen LogP contribution is -1.99. The minimum absolute atomic E-state index is 0.0240. The fourth-order valence-corrected chi connectivity index (χ4v) is 3.16. The van der Waals surface area contributed by atoms with Gasteiger partial charge < -0.3 is 0 Å². The molecule has 27 heavy (non-hydrogen) atoms. The molecule has 0 saturated heterocycles. The first-order valence-electron chi connectivity index (χ1n) is 8.25. The maximum Gasteiger partial charge on any atom is 0.269 e. The summed E-state index contributed by atoms with van der Waals surface area (Å²) in [6, 6.07) is 13.7. The van der Waals surface area contributed by atoms with E-state index in [1.165, 1.54) is 19.1 Å². The monoisotopic (exact) mass is 361 g/mol. The maximum atomic E-state index is 12.1. The number of para-hydroxylation sites is 2. The number of fused-ring (bicyclic) bond motifs is 3. The molecular weight excluding hydrogens is 346 g/mol. The third kappa shape index (κ3) is 2.67. The summed E-state index contributed by atoms with van der Waals surface area (Å²) in [5.74, 6) is 0.472. The van der Waals surface area contributed by atoms with Crippen molar-refractivity contribution < 1.29 is 9.72 Å². The molecule has 0 saturated carbocycles. The lowest BCUT2D eigenvalue weighted by atomic mass is 10.2. The second kappa shape index (κ2) is 6.17. The first kappa shape index (κ1) is 16.6. The molecule has 2 aromatic carbocycles. The highest BCUT2D eigenvalue weighted by Crippen LogP contribution is 2.24. The highest BCUT2D eigenvalue weighted by molar-refractivity contribution is 5.97. The minimum Gasteiger partial charge on any atom is -0.293 e. The standard InChI is InChI=1S/C19H15N5O3/c1-12-18(13(2)25)22-16-5-3-4-6-17(16)23(19(22)21-12)20-11-14-7-9-15(10-8-14)24(26)27/h3-11H,1-2H3. The van der Waals surface area contributed by atoms with E-state index in [2.05, 4.69) is 10.1 Å². The lowest BCUT2D eigenvalue weighted by Gasteiger charge is -1.98. The quantitative estimate of drug-likeness (QED) is 0.240. The Bertz CT molecular complexity index is 1230. The van der Waals surface area contributed by atoms with Gasteiger partial charge in [0.05, 0.1) is 27.9 Å². The number of ketones is 1. The third-order valence-electron chi connectivity index (χ3n) is 4.33. The third-order valence-corrected chi connectivity index (χ3v) is 4.33. The van der Waals surface area contributed by atoms with Crippen LogP contribution in [0.1, 0.15) is 28.7 Å². The van der Waals surface area contributed by atoms with Gasteiger partial charge in [-0.2, -0.15) is 9.78 Å². The highest BCUT2D eigenvalue weighted by atomic mass is 16.6. The van der Waals surface area contributed by atoms with Gasteiger partial charge in [-0.05, 0) is 36.8 Å². The SMILES string of the molecule is CC(=O)c1c(C)nc2n(N=Cc3ccc([N+](=O)[O-])cc3)c3ccccc3n12. The Morgan fingerprint density at radius 1 is 1.15 bits per heavy atom. The van der Waals surface area contributed by atoms with E-state index < -0.39 is 4.92 Å². The zero-order chi connectivity index (χ0) is 19.1. The first-order chi connectivity index (χ1) is 13.0. The van der Waals surface area contributed by atoms with Crippen LogP contribution in [-0.2, 0) is 0 Å². The Labute approximate surface area is 153 Å². The van der Waals surface area contributed by atoms with Crippen LogP contribution in [-0.4, -0.2) is 31.0 Å². The zero-order valence-electron chi connectivity index (χ0n) is 14.7. The largest absolute Gasteiger partial charge is 0.293 e. The number of benzene rings is 2. The molecule has 4 rings (SSSR count). The molecular formula is C19H15N5O3. The van der Waals surface area contributed by atoms with Gasteiger partial charge in [0.1, 0.15) is 5.69 Å². The van der Waals surface area contributed by atoms with Crippen molar-refractivity contribution in [3.63, 3.8) is 0 Å². The fraction of sp³-hybridized carbons (Fsp3) is 0.105. The number of nitrogens with zero attached hydrogens (tertiary/aromatic N) is 5. The molecule has 0 amide bonds. The summed E-state index contributed by atoms with van der Waals surface area (Å²) in [5.41, 5.74) is 3.55. The molecule has 0 aliphatic carbocycles. The van der Waals surface area contributed by atoms with Crippen LogP contribution >= 0.6 is 0 Å². The molecule has 0 radical (unpaired) electrons. The second-order valence-corrected chi connectivity index (χ2v) is 6.13. The van der Waals surface area contributed by atoms with E-state index in [0.717, 1.165) is 11.0 Å². The summed E-state index contributed by atoms with van der Waals surface area (Å²) in [6.07, 6.45) is 1.60. The number of rotatable bonds is 4. The van der Waals surface area contributed by atoms with Crippen molar-refractivity contribution in [2.45, 2.75) is 13.8 Å². The van der Waals surface area contributed by atoms with Crippen LogP contribution in [0.3, 0.4) is 0 Å². The van der Waals surface area contributed by atoms with E-state index in [0.29, 0.717) is 22.7 Å². The van der Waals surface area contributed by atoms with Crippen molar-refractivity contribution in [2.75, 3.05) is 0 Å². The van der Waals surface area contributed by atoms with Gasteiger partial charge in [-0.15, -0.1) is 0 Å². The van der Waals surface area contributed by atoms with Crippen LogP contribution in [0.4, 0.5) is 5.69 Å². The van der Waals surface area contributed by atoms with Gasteiger partial charge in [0.25, 0.3) is 5.69 Å². The molecule has 2 heterocycles. The molecule has 0 bridgehead atoms. The molecule has 4 aromatic rings. The average molecular weight is 361 g/mol. The van der Waals surface area contributed by atoms with E-state index in [-0.39, 0.29) is 11.5 Å². The van der Waals surface area contributed by atoms with Gasteiger partial charge in [-0.3, -0.25) is 19.3 Å². The van der Waals surface area contributed by atoms with E-state index in [1.54, 1.807) is 34.3 Å². The molecule has 0 spiro atoms. The number of carbonyl (C=O) groups excluding carboxylic acids is 1. The predicted octanol–water partition coefficient (Wildman–Crippen LogP) is 3.59. The smallest absolute Gasteiger partial charge is 0.269 e. The second-order valence-electron chi connectivity index (χ2n) is 6.13. The Balaban J connectivity index is 1.89. The summed E-state index contributed by atoms with van der Waals surface area (Å²) in [5, 5.41) is 15.3. The maximum absolute atomic E-state index is 12.1. The van der Waals surface area contributed by atoms with Crippen LogP contribution in [0.15, 0.2) is 53.6 Å². The zero-order valence-corrected chi connectivity index (χ0v) is 14.7. The van der Waals surface area contributed by atoms with E-state index in [1.807, 2.05) is 24.3 Å². The van der Waals surface area contributed by atoms with Gasteiger partial charge in [-0.25, -0.2) is 4.98 Å². The normalized spacial score (nSPS) is 11.6. The summed E-state index contributed by atoms with van der Waals surface area (Å²) in [6.45, 7) is 3.31. The molecule has 2 aromatic heterocycles. The van der Waals surface area contributed by atoms with Crippen molar-refractivity contribution in [3.05, 3.63) is 75.6 Å². The number of hydrogen-bond donors (Lipinski definition) is 0. The minimum atomic E-state index is -0.444. The number of imidazole rings is 2. The van der Waals surface area contributed by atoms with E-state index >= 15 is 0 Å². The van der Waals surface area contributed by atoms with E-state index in [4.69, 9.17) is 0 Å². The highest BCUT2D eigenvalue weighted by Gasteiger charge is 2.20. The Kier molecular flexibility index (Phi) is 3.80. The van der Waals surface area contributed by atoms with Gasteiger partial charge in [0.2, 0.25) is 5.78 Å². The average Bonchev–Trinajstić information content (AvgIpc) is 3.13. The summed E-state index contributed by atoms with van der Waals surface area (Å²) in [7, 11) is 0. The van der Waals surface area contributed by atoms with Crippen molar-refractivity contribution in [1.29, 1.82) is 0 Å². The van der Waals surface area contributed by atoms with Gasteiger partial charge >= 0.3 is 0 Å². The number of aryl methyl sites for hydroxylation is 1. The topological polar surface area (TPSA) is 94.8 Å². The van der Waals surface area contributed by atoms with Crippen LogP contribution in [0, 0.1) is 17.0 Å². The molecule has 8 heteroatoms. The molecule has 134 valence electrons. The molecule has 0 N–H and O–H groups in total. The predicted molar refractivity (Wildman–Crippen MR) is 102 cm³/mol. The Hall–Kier alpha value is -3.81. The number of Topliss-reactive ketones (excluding diaryl/α,β-unsaturated/α-hetero) is 1. The summed E-state index contributed by atoms with van der Waals surface area (Å²) < 4.78 is 3.47. The van der Waals surface area contributed by atoms with Gasteiger partial charge in [0, 0.05) is 19.1 Å². The van der Waals surface area contributed by atoms with Crippen molar-refractivity contribution in [2.24, 2.45) is 5.10 Å². The molecule has 0 atom stereocenters. The summed E-state index contributed by atoms with van der Waals surface area (Å²) >= 11 is 0. The molecule has 0 aliphatic rings. The van der Waals surface area contributed by atoms with Crippen molar-refractivity contribution >= 4 is 34.5 Å². The number of carbonyl (C=O) groups is 1. The van der Waals surface area contributed by atoms with Gasteiger partial charge in [0.15, 0.2) is 5.78 Å². The van der Waals surface area contributed by atoms with E-state index in [9.17, 15) is 14.9 Å². The number of aromatic nitrogens is 3. The number of non-ortho nitro benzene ring substituents is 1. The molecule has 0 fully saturated rings. The van der Waals surface area contributed by atoms with Crippen molar-refractivity contribution in [3.8, 4) is 0 Å². The van der Waals surface area contributed by atoms with Crippen LogP contribution in [0.25, 0.3) is 16.8 Å². The van der Waals surface area contributed by atoms with Crippen LogP contribution in [0.5, 0.6) is 0 Å². The van der Waals surface area contributed by atoms with Crippen LogP contribution in [0.2, 0.25) is 0 Å². The fourth-order valence-electron chi connectivity index (χ4n) is 3.16. The lowest BCUT2D eigenvalue weighted by molar-refractivity contribution is -0.384. The molecule has 0 unspecified atom stereocenters. The number of nitro groups is 1. The summed E-state index contributed by atoms with van der Waals surface area (Å²) in [4.78, 5) is 26.9. The number of nitro benzene ring substituents is 1. The van der Waals surface area contributed by atoms with Gasteiger partial charge in [-0.1, -0.05) is 12.1 Å².